The monoisotopic (exact) mass is 1200 g/mol. The van der Waals surface area contributed by atoms with Crippen molar-refractivity contribution in [2.24, 2.45) is 0 Å². The van der Waals surface area contributed by atoms with Crippen molar-refractivity contribution < 1.29 is 22.0 Å². The van der Waals surface area contributed by atoms with E-state index in [0.29, 0.717) is 100 Å². The maximum absolute atomic E-state index is 17.3. The van der Waals surface area contributed by atoms with Gasteiger partial charge < -0.3 is 9.13 Å². The van der Waals surface area contributed by atoms with Crippen molar-refractivity contribution in [2.75, 3.05) is 0 Å². The SMILES string of the molecule is Fc1cccc(F)c1-c1cc(-n2c3cc(-c4cccc(-c5ccccc5)n4)ccc3c3ccc(-c4cccc(-c5ccccc5)n4)cc32)c(C(F)(F)F)cc1-n1c2cc(-c3cccc(-c4ccccc4)n3)ccc2c2ccc(-c3cccc(-c4ccccc4)n3)cc21. The van der Waals surface area contributed by atoms with Gasteiger partial charge in [-0.25, -0.2) is 28.7 Å². The van der Waals surface area contributed by atoms with Crippen molar-refractivity contribution in [1.82, 2.24) is 29.1 Å². The minimum atomic E-state index is -5.08. The summed E-state index contributed by atoms with van der Waals surface area (Å²) in [6.45, 7) is 0. The Bertz CT molecular complexity index is 5230. The second-order valence-corrected chi connectivity index (χ2v) is 22.7. The lowest BCUT2D eigenvalue weighted by Gasteiger charge is -2.23. The Morgan fingerprint density at radius 1 is 0.250 bits per heavy atom. The molecule has 6 aromatic heterocycles. The predicted octanol–water partition coefficient (Wildman–Crippen LogP) is 21.8. The van der Waals surface area contributed by atoms with E-state index in [-0.39, 0.29) is 16.9 Å². The van der Waals surface area contributed by atoms with Crippen molar-refractivity contribution in [1.29, 1.82) is 0 Å². The summed E-state index contributed by atoms with van der Waals surface area (Å²) in [5, 5.41) is 2.62. The van der Waals surface area contributed by atoms with Crippen LogP contribution in [0, 0.1) is 11.6 Å². The molecule has 6 heterocycles. The molecule has 0 bridgehead atoms. The standard InChI is InChI=1S/C81H49F5N6/c82-64-26-13-27-65(83)80(64)62-48-79(92-76-46-56(72-34-16-30-68(89-72)52-22-9-3-10-23-52)38-42-60(76)61-43-39-57(47-77(61)92)73-35-17-31-69(90-73)53-24-11-4-12-25-53)63(81(84,85)86)49-78(62)91-74-44-54(70-32-14-28-66(87-70)50-18-5-1-6-19-50)36-40-58(74)59-41-37-55(45-75(59)91)71-33-15-29-67(88-71)51-20-7-2-8-21-51/h1-49H. The summed E-state index contributed by atoms with van der Waals surface area (Å²) in [6, 6.07) is 90.5. The van der Waals surface area contributed by atoms with Gasteiger partial charge in [0.15, 0.2) is 0 Å². The molecule has 16 aromatic rings. The average molecular weight is 1200 g/mol. The maximum atomic E-state index is 17.3. The number of nitrogens with zero attached hydrogens (tertiary/aromatic N) is 6. The highest BCUT2D eigenvalue weighted by atomic mass is 19.4. The largest absolute Gasteiger partial charge is 0.418 e. The molecular formula is C81H49F5N6. The van der Waals surface area contributed by atoms with Gasteiger partial charge in [-0.3, -0.25) is 0 Å². The van der Waals surface area contributed by atoms with E-state index >= 15 is 22.0 Å². The van der Waals surface area contributed by atoms with E-state index in [4.69, 9.17) is 19.9 Å². The van der Waals surface area contributed by atoms with Crippen molar-refractivity contribution in [2.45, 2.75) is 6.18 Å². The number of fused-ring (bicyclic) bond motifs is 6. The van der Waals surface area contributed by atoms with Crippen LogP contribution in [0.5, 0.6) is 0 Å². The van der Waals surface area contributed by atoms with Crippen LogP contribution in [0.15, 0.2) is 297 Å². The molecule has 0 unspecified atom stereocenters. The third kappa shape index (κ3) is 9.93. The summed E-state index contributed by atoms with van der Waals surface area (Å²) in [7, 11) is 0. The van der Waals surface area contributed by atoms with Gasteiger partial charge in [0.05, 0.1) is 90.1 Å². The lowest BCUT2D eigenvalue weighted by atomic mass is 9.97. The van der Waals surface area contributed by atoms with Crippen LogP contribution in [0.3, 0.4) is 0 Å². The molecular weight excluding hydrogens is 1150 g/mol. The first-order chi connectivity index (χ1) is 45.1. The van der Waals surface area contributed by atoms with Crippen LogP contribution in [0.4, 0.5) is 22.0 Å². The first-order valence-corrected chi connectivity index (χ1v) is 30.0. The van der Waals surface area contributed by atoms with Gasteiger partial charge in [-0.15, -0.1) is 0 Å². The molecule has 0 aliphatic heterocycles. The number of hydrogen-bond acceptors (Lipinski definition) is 4. The molecule has 92 heavy (non-hydrogen) atoms. The highest BCUT2D eigenvalue weighted by Crippen LogP contribution is 2.48. The zero-order chi connectivity index (χ0) is 62.0. The van der Waals surface area contributed by atoms with E-state index < -0.39 is 28.9 Å². The number of halogens is 5. The van der Waals surface area contributed by atoms with E-state index in [9.17, 15) is 0 Å². The predicted molar refractivity (Wildman–Crippen MR) is 360 cm³/mol. The van der Waals surface area contributed by atoms with Gasteiger partial charge in [0.2, 0.25) is 0 Å². The summed E-state index contributed by atoms with van der Waals surface area (Å²) in [6.07, 6.45) is -5.08. The summed E-state index contributed by atoms with van der Waals surface area (Å²) >= 11 is 0. The molecule has 438 valence electrons. The molecule has 0 saturated carbocycles. The van der Waals surface area contributed by atoms with Crippen LogP contribution in [0.25, 0.3) is 156 Å². The van der Waals surface area contributed by atoms with Crippen molar-refractivity contribution in [3.8, 4) is 113 Å². The fourth-order valence-electron chi connectivity index (χ4n) is 12.8. The number of hydrogen-bond donors (Lipinski definition) is 0. The van der Waals surface area contributed by atoms with Crippen LogP contribution in [0.2, 0.25) is 0 Å². The summed E-state index contributed by atoms with van der Waals surface area (Å²) in [5.41, 5.74) is 10.9. The van der Waals surface area contributed by atoms with E-state index in [1.54, 1.807) is 9.13 Å². The van der Waals surface area contributed by atoms with Crippen LogP contribution in [0.1, 0.15) is 5.56 Å². The molecule has 0 atom stereocenters. The lowest BCUT2D eigenvalue weighted by molar-refractivity contribution is -0.137. The Labute approximate surface area is 525 Å². The summed E-state index contributed by atoms with van der Waals surface area (Å²) in [4.78, 5) is 20.4. The molecule has 10 aromatic carbocycles. The highest BCUT2D eigenvalue weighted by Gasteiger charge is 2.38. The maximum Gasteiger partial charge on any atom is 0.418 e. The number of rotatable bonds is 11. The van der Waals surface area contributed by atoms with E-state index in [1.165, 1.54) is 12.1 Å². The van der Waals surface area contributed by atoms with Crippen molar-refractivity contribution in [3.63, 3.8) is 0 Å². The second kappa shape index (κ2) is 22.6. The average Bonchev–Trinajstić information content (AvgIpc) is 1.56. The van der Waals surface area contributed by atoms with Crippen LogP contribution in [-0.2, 0) is 6.18 Å². The fraction of sp³-hybridized carbons (Fsp3) is 0.0123. The Morgan fingerprint density at radius 3 is 0.815 bits per heavy atom. The van der Waals surface area contributed by atoms with Crippen molar-refractivity contribution >= 4 is 43.6 Å². The zero-order valence-electron chi connectivity index (χ0n) is 48.9. The third-order valence-corrected chi connectivity index (χ3v) is 17.1. The van der Waals surface area contributed by atoms with E-state index in [2.05, 4.69) is 0 Å². The number of aromatic nitrogens is 6. The van der Waals surface area contributed by atoms with Gasteiger partial charge in [0, 0.05) is 71.6 Å². The first-order valence-electron chi connectivity index (χ1n) is 30.0. The topological polar surface area (TPSA) is 61.4 Å². The smallest absolute Gasteiger partial charge is 0.309 e. The molecule has 0 amide bonds. The van der Waals surface area contributed by atoms with E-state index in [0.717, 1.165) is 51.8 Å². The van der Waals surface area contributed by atoms with Gasteiger partial charge in [-0.1, -0.05) is 200 Å². The van der Waals surface area contributed by atoms with Crippen LogP contribution in [-0.4, -0.2) is 29.1 Å². The quantitative estimate of drug-likeness (QED) is 0.121. The highest BCUT2D eigenvalue weighted by molar-refractivity contribution is 6.13. The van der Waals surface area contributed by atoms with E-state index in [1.807, 2.05) is 267 Å². The molecule has 11 heteroatoms. The number of benzene rings is 10. The second-order valence-electron chi connectivity index (χ2n) is 22.7. The number of pyridine rings is 4. The van der Waals surface area contributed by atoms with Gasteiger partial charge in [0.1, 0.15) is 11.6 Å². The van der Waals surface area contributed by atoms with Gasteiger partial charge in [-0.05, 0) is 97.1 Å². The molecule has 0 spiro atoms. The molecule has 0 fully saturated rings. The summed E-state index contributed by atoms with van der Waals surface area (Å²) in [5.74, 6) is -1.94. The van der Waals surface area contributed by atoms with Crippen LogP contribution >= 0.6 is 0 Å². The Morgan fingerprint density at radius 2 is 0.522 bits per heavy atom. The zero-order valence-corrected chi connectivity index (χ0v) is 48.9. The minimum absolute atomic E-state index is 0.123. The Hall–Kier alpha value is -12.0. The molecule has 6 nitrogen and oxygen atoms in total. The first kappa shape index (κ1) is 55.4. The van der Waals surface area contributed by atoms with Gasteiger partial charge in [-0.2, -0.15) is 13.2 Å². The number of alkyl halides is 3. The molecule has 0 radical (unpaired) electrons. The third-order valence-electron chi connectivity index (χ3n) is 17.1. The Kier molecular flexibility index (Phi) is 13.6. The van der Waals surface area contributed by atoms with Gasteiger partial charge in [0.25, 0.3) is 0 Å². The van der Waals surface area contributed by atoms with Crippen molar-refractivity contribution in [3.05, 3.63) is 314 Å². The molecule has 16 rings (SSSR count). The fourth-order valence-corrected chi connectivity index (χ4v) is 12.8. The normalized spacial score (nSPS) is 11.8. The molecule has 0 aliphatic rings. The molecule has 0 aliphatic carbocycles. The van der Waals surface area contributed by atoms with Crippen LogP contribution < -0.4 is 0 Å². The lowest BCUT2D eigenvalue weighted by Crippen LogP contribution is -2.14. The van der Waals surface area contributed by atoms with Gasteiger partial charge >= 0.3 is 6.18 Å². The Balaban J connectivity index is 0.994. The molecule has 0 saturated heterocycles. The minimum Gasteiger partial charge on any atom is -0.309 e. The summed E-state index contributed by atoms with van der Waals surface area (Å²) < 4.78 is 89.5. The molecule has 0 N–H and O–H groups in total.